The minimum absolute atomic E-state index is 0.00287. The molecule has 0 aliphatic rings. The van der Waals surface area contributed by atoms with Crippen LogP contribution < -0.4 is 4.72 Å². The largest absolute Gasteiger partial charge is 0.480 e. The van der Waals surface area contributed by atoms with Crippen LogP contribution in [-0.4, -0.2) is 36.7 Å². The highest BCUT2D eigenvalue weighted by Crippen LogP contribution is 2.14. The normalized spacial score (nSPS) is 15.1. The predicted octanol–water partition coefficient (Wildman–Crippen LogP) is 0.107. The molecule has 6 nitrogen and oxygen atoms in total. The lowest BCUT2D eigenvalue weighted by Crippen LogP contribution is -2.47. The molecule has 0 amide bonds. The SMILES string of the molecule is Cc1ccccc1S(=O)(=O)N[C@H](C(=O)O)[C@@H](C)O. The van der Waals surface area contributed by atoms with E-state index in [1.807, 2.05) is 4.72 Å². The van der Waals surface area contributed by atoms with E-state index in [2.05, 4.69) is 0 Å². The lowest BCUT2D eigenvalue weighted by Gasteiger charge is -2.17. The number of carboxylic acid groups (broad SMARTS) is 1. The Morgan fingerprint density at radius 2 is 1.89 bits per heavy atom. The van der Waals surface area contributed by atoms with E-state index in [1.54, 1.807) is 25.1 Å². The lowest BCUT2D eigenvalue weighted by atomic mass is 10.2. The second-order valence-corrected chi connectivity index (χ2v) is 5.63. The second kappa shape index (κ2) is 5.47. The first-order chi connectivity index (χ1) is 8.25. The van der Waals surface area contributed by atoms with Gasteiger partial charge in [0.15, 0.2) is 0 Å². The highest BCUT2D eigenvalue weighted by Gasteiger charge is 2.29. The van der Waals surface area contributed by atoms with Gasteiger partial charge >= 0.3 is 5.97 Å². The molecule has 0 aliphatic carbocycles. The summed E-state index contributed by atoms with van der Waals surface area (Å²) in [6.07, 6.45) is -1.33. The van der Waals surface area contributed by atoms with Crippen molar-refractivity contribution in [2.45, 2.75) is 30.9 Å². The molecule has 2 atom stereocenters. The molecule has 0 heterocycles. The van der Waals surface area contributed by atoms with Crippen LogP contribution >= 0.6 is 0 Å². The van der Waals surface area contributed by atoms with Crippen molar-refractivity contribution < 1.29 is 23.4 Å². The number of aliphatic carboxylic acids is 1. The Hall–Kier alpha value is -1.44. The van der Waals surface area contributed by atoms with Crippen molar-refractivity contribution >= 4 is 16.0 Å². The van der Waals surface area contributed by atoms with E-state index in [-0.39, 0.29) is 4.90 Å². The summed E-state index contributed by atoms with van der Waals surface area (Å²) in [6.45, 7) is 2.81. The van der Waals surface area contributed by atoms with Gasteiger partial charge in [0.25, 0.3) is 0 Å². The number of nitrogens with one attached hydrogen (secondary N) is 1. The van der Waals surface area contributed by atoms with Gasteiger partial charge in [-0.25, -0.2) is 8.42 Å². The fourth-order valence-corrected chi connectivity index (χ4v) is 2.95. The lowest BCUT2D eigenvalue weighted by molar-refractivity contribution is -0.141. The highest BCUT2D eigenvalue weighted by atomic mass is 32.2. The third-order valence-corrected chi connectivity index (χ3v) is 4.02. The quantitative estimate of drug-likeness (QED) is 0.706. The number of hydrogen-bond donors (Lipinski definition) is 3. The van der Waals surface area contributed by atoms with Gasteiger partial charge in [0, 0.05) is 0 Å². The molecule has 1 aromatic rings. The van der Waals surface area contributed by atoms with E-state index >= 15 is 0 Å². The summed E-state index contributed by atoms with van der Waals surface area (Å²) in [6, 6.07) is 4.62. The Bertz CT molecular complexity index is 538. The van der Waals surface area contributed by atoms with Crippen LogP contribution in [0, 0.1) is 6.92 Å². The van der Waals surface area contributed by atoms with Crippen molar-refractivity contribution in [1.82, 2.24) is 4.72 Å². The maximum absolute atomic E-state index is 12.0. The fraction of sp³-hybridized carbons (Fsp3) is 0.364. The summed E-state index contributed by atoms with van der Waals surface area (Å²) in [4.78, 5) is 10.8. The Morgan fingerprint density at radius 1 is 1.33 bits per heavy atom. The molecular formula is C11H15NO5S. The van der Waals surface area contributed by atoms with E-state index in [9.17, 15) is 18.3 Å². The number of aliphatic hydroxyl groups excluding tert-OH is 1. The molecule has 0 aromatic heterocycles. The first-order valence-corrected chi connectivity index (χ1v) is 6.73. The third kappa shape index (κ3) is 3.28. The van der Waals surface area contributed by atoms with Gasteiger partial charge < -0.3 is 10.2 Å². The first-order valence-electron chi connectivity index (χ1n) is 5.24. The van der Waals surface area contributed by atoms with Crippen LogP contribution in [0.4, 0.5) is 0 Å². The minimum atomic E-state index is -3.97. The number of carbonyl (C=O) groups is 1. The Kier molecular flexibility index (Phi) is 4.44. The smallest absolute Gasteiger partial charge is 0.324 e. The Balaban J connectivity index is 3.09. The molecule has 0 unspecified atom stereocenters. The van der Waals surface area contributed by atoms with Crippen LogP contribution in [0.25, 0.3) is 0 Å². The topological polar surface area (TPSA) is 104 Å². The number of benzene rings is 1. The second-order valence-electron chi connectivity index (χ2n) is 3.94. The number of hydrogen-bond acceptors (Lipinski definition) is 4. The number of aliphatic hydroxyl groups is 1. The average Bonchev–Trinajstić information content (AvgIpc) is 2.25. The number of carboxylic acids is 1. The van der Waals surface area contributed by atoms with E-state index in [0.717, 1.165) is 0 Å². The molecule has 0 bridgehead atoms. The van der Waals surface area contributed by atoms with Gasteiger partial charge in [-0.05, 0) is 25.5 Å². The maximum Gasteiger partial charge on any atom is 0.324 e. The van der Waals surface area contributed by atoms with Crippen LogP contribution in [-0.2, 0) is 14.8 Å². The van der Waals surface area contributed by atoms with Crippen molar-refractivity contribution in [3.05, 3.63) is 29.8 Å². The van der Waals surface area contributed by atoms with E-state index in [0.29, 0.717) is 5.56 Å². The number of rotatable bonds is 5. The summed E-state index contributed by atoms with van der Waals surface area (Å²) in [5, 5.41) is 18.1. The van der Waals surface area contributed by atoms with Gasteiger partial charge in [0.05, 0.1) is 11.0 Å². The van der Waals surface area contributed by atoms with Crippen LogP contribution in [0.2, 0.25) is 0 Å². The van der Waals surface area contributed by atoms with Crippen molar-refractivity contribution in [2.24, 2.45) is 0 Å². The van der Waals surface area contributed by atoms with E-state index in [4.69, 9.17) is 5.11 Å². The van der Waals surface area contributed by atoms with Gasteiger partial charge in [-0.15, -0.1) is 0 Å². The molecule has 0 aliphatic heterocycles. The van der Waals surface area contributed by atoms with E-state index < -0.39 is 28.1 Å². The van der Waals surface area contributed by atoms with Gasteiger partial charge in [-0.3, -0.25) is 4.79 Å². The molecular weight excluding hydrogens is 258 g/mol. The van der Waals surface area contributed by atoms with Crippen molar-refractivity contribution in [2.75, 3.05) is 0 Å². The maximum atomic E-state index is 12.0. The Morgan fingerprint density at radius 3 is 2.33 bits per heavy atom. The molecule has 0 radical (unpaired) electrons. The molecule has 0 saturated carbocycles. The van der Waals surface area contributed by atoms with Crippen LogP contribution in [0.5, 0.6) is 0 Å². The summed E-state index contributed by atoms with van der Waals surface area (Å²) in [7, 11) is -3.97. The molecule has 7 heteroatoms. The molecule has 3 N–H and O–H groups in total. The average molecular weight is 273 g/mol. The number of sulfonamides is 1. The monoisotopic (exact) mass is 273 g/mol. The molecule has 1 aromatic carbocycles. The predicted molar refractivity (Wildman–Crippen MR) is 64.6 cm³/mol. The van der Waals surface area contributed by atoms with Crippen molar-refractivity contribution in [3.63, 3.8) is 0 Å². The minimum Gasteiger partial charge on any atom is -0.480 e. The first kappa shape index (κ1) is 14.6. The van der Waals surface area contributed by atoms with Crippen molar-refractivity contribution in [3.8, 4) is 0 Å². The highest BCUT2D eigenvalue weighted by molar-refractivity contribution is 7.89. The van der Waals surface area contributed by atoms with Gasteiger partial charge in [-0.2, -0.15) is 4.72 Å². The molecule has 0 saturated heterocycles. The zero-order chi connectivity index (χ0) is 13.9. The molecule has 1 rings (SSSR count). The van der Waals surface area contributed by atoms with Crippen LogP contribution in [0.1, 0.15) is 12.5 Å². The third-order valence-electron chi connectivity index (χ3n) is 2.41. The molecule has 18 heavy (non-hydrogen) atoms. The Labute approximate surface area is 105 Å². The molecule has 100 valence electrons. The summed E-state index contributed by atoms with van der Waals surface area (Å²) in [5.41, 5.74) is 0.500. The van der Waals surface area contributed by atoms with Crippen LogP contribution in [0.15, 0.2) is 29.2 Å². The van der Waals surface area contributed by atoms with Gasteiger partial charge in [0.2, 0.25) is 10.0 Å². The van der Waals surface area contributed by atoms with E-state index in [1.165, 1.54) is 13.0 Å². The van der Waals surface area contributed by atoms with Crippen molar-refractivity contribution in [1.29, 1.82) is 0 Å². The zero-order valence-corrected chi connectivity index (χ0v) is 10.8. The molecule has 0 fully saturated rings. The van der Waals surface area contributed by atoms with Gasteiger partial charge in [0.1, 0.15) is 6.04 Å². The summed E-state index contributed by atoms with van der Waals surface area (Å²) < 4.78 is 25.9. The summed E-state index contributed by atoms with van der Waals surface area (Å²) >= 11 is 0. The zero-order valence-electron chi connectivity index (χ0n) is 9.99. The van der Waals surface area contributed by atoms with Crippen LogP contribution in [0.3, 0.4) is 0 Å². The fourth-order valence-electron chi connectivity index (χ4n) is 1.44. The molecule has 0 spiro atoms. The summed E-state index contributed by atoms with van der Waals surface area (Å²) in [5.74, 6) is -1.43. The standard InChI is InChI=1S/C11H15NO5S/c1-7-5-3-4-6-9(7)18(16,17)12-10(8(2)13)11(14)15/h3-6,8,10,12-13H,1-2H3,(H,14,15)/t8-,10+/m1/s1. The number of aryl methyl sites for hydroxylation is 1. The van der Waals surface area contributed by atoms with Gasteiger partial charge in [-0.1, -0.05) is 18.2 Å².